The standard InChI is InChI=1S/C23H35F3N3O11P/c1-10(2)38-20(34)12(5)27-41(36,28-13(6)21(35)39-11(3)4)37-9-23(22(25)26)18(33)17(32)19(40-23)29-8-14(24)15(30)7-16(29)31/h8,10-13,17-19,22,32-33H,7,9H2,1-6H3,(H2,27,28,36)/t12-,13-,17+,18-,19+,23+/m0/s1. The summed E-state index contributed by atoms with van der Waals surface area (Å²) in [5, 5.41) is 25.6. The average Bonchev–Trinajstić information content (AvgIpc) is 3.10. The molecule has 0 aromatic rings. The van der Waals surface area contributed by atoms with Gasteiger partial charge in [0.2, 0.25) is 11.7 Å². The molecule has 2 aliphatic heterocycles. The third-order valence-corrected chi connectivity index (χ3v) is 7.78. The second-order valence-electron chi connectivity index (χ2n) is 10.1. The van der Waals surface area contributed by atoms with E-state index in [0.29, 0.717) is 11.1 Å². The molecule has 4 N–H and O–H groups in total. The number of hydrogen-bond donors (Lipinski definition) is 4. The summed E-state index contributed by atoms with van der Waals surface area (Å²) in [4.78, 5) is 48.7. The fourth-order valence-electron chi connectivity index (χ4n) is 3.78. The van der Waals surface area contributed by atoms with Crippen molar-refractivity contribution < 1.29 is 65.9 Å². The summed E-state index contributed by atoms with van der Waals surface area (Å²) in [6.45, 7) is 7.15. The number of nitrogens with zero attached hydrogens (tertiary/aromatic N) is 1. The van der Waals surface area contributed by atoms with Gasteiger partial charge in [0.25, 0.3) is 6.43 Å². The topological polar surface area (TPSA) is 190 Å². The summed E-state index contributed by atoms with van der Waals surface area (Å²) in [5.74, 6) is -5.53. The van der Waals surface area contributed by atoms with Crippen LogP contribution in [0.5, 0.6) is 0 Å². The van der Waals surface area contributed by atoms with Crippen molar-refractivity contribution in [3.05, 3.63) is 12.0 Å². The van der Waals surface area contributed by atoms with Crippen LogP contribution in [0.3, 0.4) is 0 Å². The Morgan fingerprint density at radius 2 is 1.56 bits per heavy atom. The van der Waals surface area contributed by atoms with Gasteiger partial charge in [-0.25, -0.2) is 23.3 Å². The first kappa shape index (κ1) is 34.8. The maximum Gasteiger partial charge on any atom is 0.342 e. The van der Waals surface area contributed by atoms with Gasteiger partial charge in [-0.3, -0.25) is 28.6 Å². The minimum atomic E-state index is -4.69. The molecule has 1 saturated heterocycles. The minimum absolute atomic E-state index is 0.342. The Labute approximate surface area is 234 Å². The molecule has 0 unspecified atom stereocenters. The van der Waals surface area contributed by atoms with E-state index in [9.17, 15) is 47.1 Å². The van der Waals surface area contributed by atoms with Crippen molar-refractivity contribution in [3.8, 4) is 0 Å². The van der Waals surface area contributed by atoms with E-state index < -0.39 is 105 Å². The molecule has 18 heteroatoms. The van der Waals surface area contributed by atoms with E-state index in [2.05, 4.69) is 10.2 Å². The van der Waals surface area contributed by atoms with E-state index in [1.165, 1.54) is 13.8 Å². The lowest BCUT2D eigenvalue weighted by Crippen LogP contribution is -2.53. The Morgan fingerprint density at radius 1 is 1.07 bits per heavy atom. The number of esters is 2. The first-order valence-corrected chi connectivity index (χ1v) is 14.2. The molecule has 0 aromatic carbocycles. The highest BCUT2D eigenvalue weighted by Crippen LogP contribution is 2.45. The number of amides is 1. The summed E-state index contributed by atoms with van der Waals surface area (Å²) >= 11 is 0. The van der Waals surface area contributed by atoms with E-state index in [4.69, 9.17) is 18.7 Å². The maximum atomic E-state index is 14.4. The van der Waals surface area contributed by atoms with Crippen LogP contribution in [0, 0.1) is 0 Å². The lowest BCUT2D eigenvalue weighted by molar-refractivity contribution is -0.199. The van der Waals surface area contributed by atoms with Crippen LogP contribution in [-0.2, 0) is 42.5 Å². The lowest BCUT2D eigenvalue weighted by atomic mass is 9.96. The first-order chi connectivity index (χ1) is 18.8. The number of carbonyl (C=O) groups excluding carboxylic acids is 4. The fourth-order valence-corrected chi connectivity index (χ4v) is 5.61. The van der Waals surface area contributed by atoms with E-state index >= 15 is 0 Å². The highest BCUT2D eigenvalue weighted by Gasteiger charge is 2.62. The second kappa shape index (κ2) is 13.7. The fraction of sp³-hybridized carbons (Fsp3) is 0.739. The van der Waals surface area contributed by atoms with E-state index in [-0.39, 0.29) is 0 Å². The molecule has 2 aliphatic rings. The summed E-state index contributed by atoms with van der Waals surface area (Å²) in [6, 6.07) is -2.76. The van der Waals surface area contributed by atoms with Gasteiger partial charge in [-0.05, 0) is 41.5 Å². The van der Waals surface area contributed by atoms with Crippen molar-refractivity contribution in [2.24, 2.45) is 0 Å². The van der Waals surface area contributed by atoms with Crippen molar-refractivity contribution in [3.63, 3.8) is 0 Å². The smallest absolute Gasteiger partial charge is 0.342 e. The van der Waals surface area contributed by atoms with Crippen LogP contribution in [0.1, 0.15) is 48.0 Å². The number of aliphatic hydroxyl groups excluding tert-OH is 2. The third-order valence-electron chi connectivity index (χ3n) is 5.83. The number of ether oxygens (including phenoxy) is 3. The summed E-state index contributed by atoms with van der Waals surface area (Å²) in [5.41, 5.74) is -3.15. The van der Waals surface area contributed by atoms with Gasteiger partial charge in [0.15, 0.2) is 17.7 Å². The second-order valence-corrected chi connectivity index (χ2v) is 12.0. The molecule has 0 aliphatic carbocycles. The minimum Gasteiger partial charge on any atom is -0.462 e. The van der Waals surface area contributed by atoms with E-state index in [1.54, 1.807) is 27.7 Å². The van der Waals surface area contributed by atoms with Crippen molar-refractivity contribution in [2.45, 2.75) is 103 Å². The number of ketones is 1. The van der Waals surface area contributed by atoms with Gasteiger partial charge < -0.3 is 28.9 Å². The van der Waals surface area contributed by atoms with Gasteiger partial charge in [-0.1, -0.05) is 0 Å². The summed E-state index contributed by atoms with van der Waals surface area (Å²) in [7, 11) is -4.69. The Kier molecular flexibility index (Phi) is 11.6. The lowest BCUT2D eigenvalue weighted by Gasteiger charge is -2.34. The van der Waals surface area contributed by atoms with Crippen molar-refractivity contribution in [2.75, 3.05) is 6.61 Å². The molecule has 6 atom stereocenters. The zero-order valence-corrected chi connectivity index (χ0v) is 24.1. The van der Waals surface area contributed by atoms with Crippen LogP contribution in [-0.4, -0.2) is 100 Å². The Balaban J connectivity index is 2.37. The first-order valence-electron chi connectivity index (χ1n) is 12.6. The van der Waals surface area contributed by atoms with Gasteiger partial charge in [0.05, 0.1) is 25.2 Å². The van der Waals surface area contributed by atoms with Crippen LogP contribution < -0.4 is 10.2 Å². The number of alkyl halides is 2. The highest BCUT2D eigenvalue weighted by atomic mass is 31.2. The molecule has 1 fully saturated rings. The number of carbonyl (C=O) groups is 4. The van der Waals surface area contributed by atoms with E-state index in [1.807, 2.05) is 0 Å². The molecule has 234 valence electrons. The molecule has 0 aromatic heterocycles. The number of rotatable bonds is 13. The van der Waals surface area contributed by atoms with Crippen LogP contribution >= 0.6 is 7.67 Å². The molecule has 2 rings (SSSR count). The van der Waals surface area contributed by atoms with Crippen LogP contribution in [0.4, 0.5) is 13.2 Å². The molecule has 0 bridgehead atoms. The maximum absolute atomic E-state index is 14.4. The zero-order valence-electron chi connectivity index (χ0n) is 23.2. The molecule has 1 amide bonds. The van der Waals surface area contributed by atoms with Crippen LogP contribution in [0.25, 0.3) is 0 Å². The molecule has 0 saturated carbocycles. The molecule has 14 nitrogen and oxygen atoms in total. The predicted octanol–water partition coefficient (Wildman–Crippen LogP) is 0.665. The van der Waals surface area contributed by atoms with Gasteiger partial charge in [-0.15, -0.1) is 0 Å². The Hall–Kier alpha value is -2.40. The number of hydrogen-bond acceptors (Lipinski definition) is 11. The van der Waals surface area contributed by atoms with Gasteiger partial charge in [-0.2, -0.15) is 0 Å². The SMILES string of the molecule is CC(C)OC(=O)[C@H](C)NP(=O)(N[C@@H](C)C(=O)OC(C)C)OC[C@@]1(C(F)F)O[C@@H](N2C=C(F)C(=O)CC2=O)[C@H](O)[C@@H]1O. The molecule has 41 heavy (non-hydrogen) atoms. The van der Waals surface area contributed by atoms with Crippen LogP contribution in [0.2, 0.25) is 0 Å². The number of allylic oxidation sites excluding steroid dienone is 1. The zero-order chi connectivity index (χ0) is 31.4. The van der Waals surface area contributed by atoms with Crippen molar-refractivity contribution >= 4 is 31.3 Å². The third kappa shape index (κ3) is 8.34. The molecule has 0 radical (unpaired) electrons. The van der Waals surface area contributed by atoms with Gasteiger partial charge >= 0.3 is 19.6 Å². The number of nitrogens with one attached hydrogen (secondary N) is 2. The van der Waals surface area contributed by atoms with Gasteiger partial charge in [0.1, 0.15) is 24.3 Å². The van der Waals surface area contributed by atoms with Gasteiger partial charge in [0, 0.05) is 6.20 Å². The number of halogens is 3. The van der Waals surface area contributed by atoms with Crippen LogP contribution in [0.15, 0.2) is 12.0 Å². The number of Topliss-reactive ketones (excluding diaryl/α,β-unsaturated/α-hetero) is 1. The summed E-state index contributed by atoms with van der Waals surface area (Å²) in [6.07, 6.45) is -12.3. The largest absolute Gasteiger partial charge is 0.462 e. The number of aliphatic hydroxyl groups is 2. The molecule has 2 heterocycles. The van der Waals surface area contributed by atoms with Crippen molar-refractivity contribution in [1.82, 2.24) is 15.1 Å². The Bertz CT molecular complexity index is 1060. The molecule has 0 spiro atoms. The Morgan fingerprint density at radius 3 is 2.00 bits per heavy atom. The quantitative estimate of drug-likeness (QED) is 0.128. The van der Waals surface area contributed by atoms with E-state index in [0.717, 1.165) is 0 Å². The van der Waals surface area contributed by atoms with Crippen molar-refractivity contribution in [1.29, 1.82) is 0 Å². The molecular formula is C23H35F3N3O11P. The normalized spacial score (nSPS) is 26.9. The monoisotopic (exact) mass is 617 g/mol. The average molecular weight is 618 g/mol. The highest BCUT2D eigenvalue weighted by molar-refractivity contribution is 7.54. The predicted molar refractivity (Wildman–Crippen MR) is 132 cm³/mol. The summed E-state index contributed by atoms with van der Waals surface area (Å²) < 4.78 is 77.0. The molecular weight excluding hydrogens is 582 g/mol.